The number of hydrogen-bond donors (Lipinski definition) is 1. The zero-order valence-corrected chi connectivity index (χ0v) is 13.7. The molecule has 0 aromatic carbocycles. The van der Waals surface area contributed by atoms with Crippen LogP contribution in [-0.4, -0.2) is 49.2 Å². The van der Waals surface area contributed by atoms with E-state index in [1.807, 2.05) is 11.8 Å². The fourth-order valence-corrected chi connectivity index (χ4v) is 3.66. The molecule has 22 heavy (non-hydrogen) atoms. The molecular weight excluding hydrogens is 300 g/mol. The number of carbonyl (C=O) groups excluding carboxylic acids is 1. The molecule has 3 heterocycles. The van der Waals surface area contributed by atoms with Crippen LogP contribution in [0.25, 0.3) is 5.65 Å². The van der Waals surface area contributed by atoms with E-state index in [0.717, 1.165) is 49.3 Å². The van der Waals surface area contributed by atoms with Gasteiger partial charge in [-0.25, -0.2) is 9.38 Å². The average molecular weight is 320 g/mol. The summed E-state index contributed by atoms with van der Waals surface area (Å²) in [6, 6.07) is 0. The van der Waals surface area contributed by atoms with Crippen LogP contribution in [0.4, 0.5) is 5.95 Å². The summed E-state index contributed by atoms with van der Waals surface area (Å²) < 4.78 is 1.74. The van der Waals surface area contributed by atoms with Gasteiger partial charge in [0.15, 0.2) is 10.8 Å². The molecule has 1 saturated heterocycles. The number of anilines is 1. The molecule has 0 unspecified atom stereocenters. The van der Waals surface area contributed by atoms with Crippen molar-refractivity contribution in [2.24, 2.45) is 0 Å². The van der Waals surface area contributed by atoms with E-state index in [-0.39, 0.29) is 5.91 Å². The monoisotopic (exact) mass is 320 g/mol. The van der Waals surface area contributed by atoms with Gasteiger partial charge in [-0.2, -0.15) is 0 Å². The fourth-order valence-electron chi connectivity index (χ4n) is 2.81. The van der Waals surface area contributed by atoms with Crippen molar-refractivity contribution in [2.45, 2.75) is 38.3 Å². The lowest BCUT2D eigenvalue weighted by atomic mass is 10.2. The summed E-state index contributed by atoms with van der Waals surface area (Å²) in [4.78, 5) is 18.4. The molecule has 2 aromatic rings. The summed E-state index contributed by atoms with van der Waals surface area (Å²) in [5.41, 5.74) is 8.68. The van der Waals surface area contributed by atoms with Crippen LogP contribution in [0.1, 0.15) is 31.0 Å². The Morgan fingerprint density at radius 2 is 2.05 bits per heavy atom. The van der Waals surface area contributed by atoms with Gasteiger partial charge in [0.05, 0.1) is 5.75 Å². The minimum Gasteiger partial charge on any atom is -0.369 e. The summed E-state index contributed by atoms with van der Waals surface area (Å²) >= 11 is 1.37. The molecule has 8 heteroatoms. The number of carbonyl (C=O) groups is 1. The molecule has 3 rings (SSSR count). The van der Waals surface area contributed by atoms with Crippen LogP contribution in [0.5, 0.6) is 0 Å². The normalized spacial score (nSPS) is 14.9. The molecule has 1 aliphatic heterocycles. The van der Waals surface area contributed by atoms with Crippen molar-refractivity contribution in [3.8, 4) is 0 Å². The van der Waals surface area contributed by atoms with Gasteiger partial charge in [0, 0.05) is 24.3 Å². The third-order valence-corrected chi connectivity index (χ3v) is 4.90. The number of rotatable bonds is 4. The molecule has 0 spiro atoms. The van der Waals surface area contributed by atoms with E-state index < -0.39 is 0 Å². The lowest BCUT2D eigenvalue weighted by Gasteiger charge is -2.14. The Balaban J connectivity index is 1.84. The second-order valence-electron chi connectivity index (χ2n) is 5.41. The number of aryl methyl sites for hydroxylation is 2. The first-order chi connectivity index (χ1) is 10.6. The first-order valence-electron chi connectivity index (χ1n) is 7.52. The summed E-state index contributed by atoms with van der Waals surface area (Å²) in [7, 11) is 0. The maximum Gasteiger partial charge on any atom is 0.233 e. The highest BCUT2D eigenvalue weighted by atomic mass is 32.2. The Labute approximate surface area is 133 Å². The van der Waals surface area contributed by atoms with Gasteiger partial charge in [-0.05, 0) is 26.2 Å². The van der Waals surface area contributed by atoms with Crippen LogP contribution in [0.15, 0.2) is 5.16 Å². The highest BCUT2D eigenvalue weighted by Gasteiger charge is 2.20. The van der Waals surface area contributed by atoms with E-state index >= 15 is 0 Å². The predicted octanol–water partition coefficient (Wildman–Crippen LogP) is 1.29. The number of amides is 1. The summed E-state index contributed by atoms with van der Waals surface area (Å²) in [5, 5.41) is 9.05. The Bertz CT molecular complexity index is 707. The maximum absolute atomic E-state index is 12.1. The van der Waals surface area contributed by atoms with E-state index in [2.05, 4.69) is 22.1 Å². The number of nitrogen functional groups attached to an aromatic ring is 1. The largest absolute Gasteiger partial charge is 0.369 e. The van der Waals surface area contributed by atoms with Crippen LogP contribution < -0.4 is 5.73 Å². The van der Waals surface area contributed by atoms with Crippen LogP contribution >= 0.6 is 11.8 Å². The second-order valence-corrected chi connectivity index (χ2v) is 6.35. The van der Waals surface area contributed by atoms with Gasteiger partial charge < -0.3 is 10.6 Å². The van der Waals surface area contributed by atoms with Gasteiger partial charge in [-0.15, -0.1) is 10.2 Å². The van der Waals surface area contributed by atoms with Crippen molar-refractivity contribution in [2.75, 3.05) is 24.6 Å². The fraction of sp³-hybridized carbons (Fsp3) is 0.571. The zero-order valence-electron chi connectivity index (χ0n) is 12.9. The number of thioether (sulfide) groups is 1. The predicted molar refractivity (Wildman–Crippen MR) is 85.8 cm³/mol. The van der Waals surface area contributed by atoms with Crippen molar-refractivity contribution in [1.82, 2.24) is 24.5 Å². The molecule has 0 bridgehead atoms. The number of aromatic nitrogens is 4. The number of nitrogens with zero attached hydrogens (tertiary/aromatic N) is 5. The summed E-state index contributed by atoms with van der Waals surface area (Å²) in [6.45, 7) is 5.71. The summed E-state index contributed by atoms with van der Waals surface area (Å²) in [5.74, 6) is 0.870. The van der Waals surface area contributed by atoms with Crippen molar-refractivity contribution in [3.05, 3.63) is 11.3 Å². The smallest absolute Gasteiger partial charge is 0.233 e. The lowest BCUT2D eigenvalue weighted by Crippen LogP contribution is -2.29. The Kier molecular flexibility index (Phi) is 4.19. The van der Waals surface area contributed by atoms with E-state index in [9.17, 15) is 4.79 Å². The van der Waals surface area contributed by atoms with Crippen LogP contribution in [-0.2, 0) is 11.2 Å². The number of fused-ring (bicyclic) bond motifs is 1. The SMILES string of the molecule is CCc1c(C)nc(N)n2c(SCC(=O)N3CCCC3)nnc12. The van der Waals surface area contributed by atoms with Gasteiger partial charge in [-0.3, -0.25) is 4.79 Å². The van der Waals surface area contributed by atoms with Gasteiger partial charge >= 0.3 is 0 Å². The van der Waals surface area contributed by atoms with Crippen molar-refractivity contribution in [1.29, 1.82) is 0 Å². The Morgan fingerprint density at radius 3 is 2.73 bits per heavy atom. The van der Waals surface area contributed by atoms with Crippen molar-refractivity contribution >= 4 is 29.3 Å². The molecule has 0 aliphatic carbocycles. The molecule has 2 aromatic heterocycles. The number of likely N-dealkylation sites (tertiary alicyclic amines) is 1. The number of nitrogens with two attached hydrogens (primary N) is 1. The molecule has 7 nitrogen and oxygen atoms in total. The minimum atomic E-state index is 0.147. The molecule has 0 saturated carbocycles. The first-order valence-corrected chi connectivity index (χ1v) is 8.51. The molecule has 0 radical (unpaired) electrons. The van der Waals surface area contributed by atoms with Crippen LogP contribution in [0.3, 0.4) is 0 Å². The molecule has 118 valence electrons. The highest BCUT2D eigenvalue weighted by Crippen LogP contribution is 2.24. The maximum atomic E-state index is 12.1. The molecule has 2 N–H and O–H groups in total. The van der Waals surface area contributed by atoms with E-state index in [4.69, 9.17) is 5.73 Å². The Morgan fingerprint density at radius 1 is 1.32 bits per heavy atom. The highest BCUT2D eigenvalue weighted by molar-refractivity contribution is 7.99. The quantitative estimate of drug-likeness (QED) is 0.854. The van der Waals surface area contributed by atoms with Crippen molar-refractivity contribution < 1.29 is 4.79 Å². The Hall–Kier alpha value is -1.83. The van der Waals surface area contributed by atoms with Crippen LogP contribution in [0.2, 0.25) is 0 Å². The first kappa shape index (κ1) is 15.1. The van der Waals surface area contributed by atoms with E-state index in [0.29, 0.717) is 16.9 Å². The van der Waals surface area contributed by atoms with Crippen molar-refractivity contribution in [3.63, 3.8) is 0 Å². The summed E-state index contributed by atoms with van der Waals surface area (Å²) in [6.07, 6.45) is 3.01. The topological polar surface area (TPSA) is 89.4 Å². The third kappa shape index (κ3) is 2.63. The molecular formula is C14H20N6OS. The number of hydrogen-bond acceptors (Lipinski definition) is 6. The molecule has 1 amide bonds. The van der Waals surface area contributed by atoms with Crippen LogP contribution in [0, 0.1) is 6.92 Å². The third-order valence-electron chi connectivity index (χ3n) is 3.99. The lowest BCUT2D eigenvalue weighted by molar-refractivity contribution is -0.127. The molecule has 1 fully saturated rings. The second kappa shape index (κ2) is 6.12. The van der Waals surface area contributed by atoms with Gasteiger partial charge in [0.2, 0.25) is 11.9 Å². The standard InChI is InChI=1S/C14H20N6OS/c1-3-10-9(2)16-13(15)20-12(10)17-18-14(20)22-8-11(21)19-6-4-5-7-19/h3-8H2,1-2H3,(H2,15,16). The zero-order chi connectivity index (χ0) is 15.7. The van der Waals surface area contributed by atoms with E-state index in [1.54, 1.807) is 4.40 Å². The van der Waals surface area contributed by atoms with Gasteiger partial charge in [0.25, 0.3) is 0 Å². The average Bonchev–Trinajstić information content (AvgIpc) is 3.15. The van der Waals surface area contributed by atoms with Gasteiger partial charge in [0.1, 0.15) is 0 Å². The van der Waals surface area contributed by atoms with E-state index in [1.165, 1.54) is 11.8 Å². The minimum absolute atomic E-state index is 0.147. The molecule has 0 atom stereocenters. The van der Waals surface area contributed by atoms with Gasteiger partial charge in [-0.1, -0.05) is 18.7 Å². The molecule has 1 aliphatic rings.